The Hall–Kier alpha value is -3.79. The lowest BCUT2D eigenvalue weighted by Gasteiger charge is -2.08. The highest BCUT2D eigenvalue weighted by Crippen LogP contribution is 2.21. The van der Waals surface area contributed by atoms with Crippen LogP contribution in [0.25, 0.3) is 10.9 Å². The van der Waals surface area contributed by atoms with Gasteiger partial charge in [0.2, 0.25) is 0 Å². The van der Waals surface area contributed by atoms with Gasteiger partial charge in [-0.2, -0.15) is 10.4 Å². The number of nitrogens with zero attached hydrogens (tertiary/aromatic N) is 5. The van der Waals surface area contributed by atoms with Gasteiger partial charge in [-0.25, -0.2) is 14.4 Å². The van der Waals surface area contributed by atoms with E-state index in [-0.39, 0.29) is 5.82 Å². The second-order valence-corrected chi connectivity index (χ2v) is 6.09. The van der Waals surface area contributed by atoms with Crippen LogP contribution in [0.2, 0.25) is 0 Å². The molecular weight excluding hydrogens is 343 g/mol. The van der Waals surface area contributed by atoms with Gasteiger partial charge in [-0.15, -0.1) is 0 Å². The summed E-state index contributed by atoms with van der Waals surface area (Å²) in [5.41, 5.74) is 2.58. The molecule has 0 atom stereocenters. The van der Waals surface area contributed by atoms with Crippen molar-refractivity contribution in [1.82, 2.24) is 19.7 Å². The molecule has 0 aliphatic rings. The normalized spacial score (nSPS) is 10.7. The van der Waals surface area contributed by atoms with E-state index in [0.29, 0.717) is 35.0 Å². The van der Waals surface area contributed by atoms with Gasteiger partial charge in [-0.1, -0.05) is 18.2 Å². The molecule has 0 bridgehead atoms. The van der Waals surface area contributed by atoms with Crippen LogP contribution in [0, 0.1) is 24.1 Å². The Bertz CT molecular complexity index is 1170. The van der Waals surface area contributed by atoms with E-state index >= 15 is 0 Å². The lowest BCUT2D eigenvalue weighted by Crippen LogP contribution is -2.04. The van der Waals surface area contributed by atoms with Crippen molar-refractivity contribution in [3.63, 3.8) is 0 Å². The van der Waals surface area contributed by atoms with Gasteiger partial charge < -0.3 is 5.32 Å². The van der Waals surface area contributed by atoms with Crippen molar-refractivity contribution in [2.24, 2.45) is 0 Å². The molecule has 0 spiro atoms. The number of halogens is 1. The summed E-state index contributed by atoms with van der Waals surface area (Å²) in [5.74, 6) is 0.929. The molecule has 132 valence electrons. The van der Waals surface area contributed by atoms with Crippen molar-refractivity contribution in [2.75, 3.05) is 5.32 Å². The number of hydrogen-bond donors (Lipinski definition) is 1. The second kappa shape index (κ2) is 6.84. The van der Waals surface area contributed by atoms with Gasteiger partial charge in [0, 0.05) is 23.2 Å². The number of pyridine rings is 2. The Labute approximate surface area is 154 Å². The summed E-state index contributed by atoms with van der Waals surface area (Å²) in [6.45, 7) is 2.11. The zero-order valence-electron chi connectivity index (χ0n) is 14.5. The Kier molecular flexibility index (Phi) is 4.22. The molecule has 3 heterocycles. The maximum atomic E-state index is 14.0. The number of rotatable bonds is 4. The van der Waals surface area contributed by atoms with E-state index < -0.39 is 0 Å². The minimum absolute atomic E-state index is 0.259. The molecule has 0 unspecified atom stereocenters. The molecule has 1 aromatic carbocycles. The zero-order valence-corrected chi connectivity index (χ0v) is 14.5. The third-order valence-electron chi connectivity index (χ3n) is 4.27. The summed E-state index contributed by atoms with van der Waals surface area (Å²) in [6.07, 6.45) is 3.41. The number of fused-ring (bicyclic) bond motifs is 1. The van der Waals surface area contributed by atoms with Gasteiger partial charge in [-0.05, 0) is 25.1 Å². The molecule has 7 heteroatoms. The van der Waals surface area contributed by atoms with Crippen LogP contribution in [0.4, 0.5) is 16.0 Å². The number of benzene rings is 1. The van der Waals surface area contributed by atoms with E-state index in [1.807, 2.05) is 6.07 Å². The highest BCUT2D eigenvalue weighted by Gasteiger charge is 2.09. The topological polar surface area (TPSA) is 79.4 Å². The first-order chi connectivity index (χ1) is 13.1. The van der Waals surface area contributed by atoms with Crippen molar-refractivity contribution in [2.45, 2.75) is 13.5 Å². The van der Waals surface area contributed by atoms with Gasteiger partial charge in [0.05, 0.1) is 29.5 Å². The van der Waals surface area contributed by atoms with Crippen LogP contribution >= 0.6 is 0 Å². The first-order valence-electron chi connectivity index (χ1n) is 8.34. The molecule has 0 amide bonds. The van der Waals surface area contributed by atoms with Crippen LogP contribution in [0.1, 0.15) is 16.8 Å². The maximum Gasteiger partial charge on any atom is 0.133 e. The van der Waals surface area contributed by atoms with Gasteiger partial charge in [0.1, 0.15) is 23.5 Å². The standard InChI is InChI=1S/C20H15FN6/c1-13-14(9-22)6-7-19(25-13)26-20-8-18-16(10-23-20)11-24-27(18)12-15-4-2-3-5-17(15)21/h2-8,10-11H,12H2,1H3,(H,23,25,26). The fourth-order valence-corrected chi connectivity index (χ4v) is 2.83. The van der Waals surface area contributed by atoms with Crippen LogP contribution in [-0.4, -0.2) is 19.7 Å². The van der Waals surface area contributed by atoms with Crippen molar-refractivity contribution < 1.29 is 4.39 Å². The predicted octanol–water partition coefficient (Wildman–Crippen LogP) is 3.94. The van der Waals surface area contributed by atoms with Crippen molar-refractivity contribution in [3.05, 3.63) is 77.5 Å². The Morgan fingerprint density at radius 1 is 1.15 bits per heavy atom. The molecule has 0 aliphatic heterocycles. The summed E-state index contributed by atoms with van der Waals surface area (Å²) < 4.78 is 15.7. The maximum absolute atomic E-state index is 14.0. The SMILES string of the molecule is Cc1nc(Nc2cc3c(cn2)cnn3Cc2ccccc2F)ccc1C#N. The summed E-state index contributed by atoms with van der Waals surface area (Å²) in [5, 5.41) is 17.3. The van der Waals surface area contributed by atoms with Crippen LogP contribution < -0.4 is 5.32 Å². The average Bonchev–Trinajstić information content (AvgIpc) is 3.06. The highest BCUT2D eigenvalue weighted by atomic mass is 19.1. The van der Waals surface area contributed by atoms with Gasteiger partial charge in [0.25, 0.3) is 0 Å². The molecule has 0 saturated carbocycles. The lowest BCUT2D eigenvalue weighted by atomic mass is 10.2. The Morgan fingerprint density at radius 2 is 2.00 bits per heavy atom. The molecule has 4 rings (SSSR count). The van der Waals surface area contributed by atoms with E-state index in [2.05, 4.69) is 26.5 Å². The largest absolute Gasteiger partial charge is 0.325 e. The van der Waals surface area contributed by atoms with Crippen LogP contribution in [-0.2, 0) is 6.54 Å². The van der Waals surface area contributed by atoms with Gasteiger partial charge in [-0.3, -0.25) is 4.68 Å². The monoisotopic (exact) mass is 358 g/mol. The van der Waals surface area contributed by atoms with Crippen LogP contribution in [0.3, 0.4) is 0 Å². The lowest BCUT2D eigenvalue weighted by molar-refractivity contribution is 0.590. The van der Waals surface area contributed by atoms with E-state index in [9.17, 15) is 4.39 Å². The van der Waals surface area contributed by atoms with E-state index in [1.165, 1.54) is 6.07 Å². The van der Waals surface area contributed by atoms with Crippen LogP contribution in [0.5, 0.6) is 0 Å². The zero-order chi connectivity index (χ0) is 18.8. The van der Waals surface area contributed by atoms with Gasteiger partial charge in [0.15, 0.2) is 0 Å². The van der Waals surface area contributed by atoms with E-state index in [1.54, 1.807) is 54.3 Å². The molecule has 0 saturated heterocycles. The van der Waals surface area contributed by atoms with Gasteiger partial charge >= 0.3 is 0 Å². The average molecular weight is 358 g/mol. The second-order valence-electron chi connectivity index (χ2n) is 6.09. The Balaban J connectivity index is 1.65. The summed E-state index contributed by atoms with van der Waals surface area (Å²) in [6, 6.07) is 14.0. The number of aryl methyl sites for hydroxylation is 1. The van der Waals surface area contributed by atoms with Crippen molar-refractivity contribution >= 4 is 22.5 Å². The highest BCUT2D eigenvalue weighted by molar-refractivity contribution is 5.81. The molecule has 4 aromatic rings. The summed E-state index contributed by atoms with van der Waals surface area (Å²) >= 11 is 0. The molecular formula is C20H15FN6. The van der Waals surface area contributed by atoms with Crippen LogP contribution in [0.15, 0.2) is 54.9 Å². The number of hydrogen-bond acceptors (Lipinski definition) is 5. The quantitative estimate of drug-likeness (QED) is 0.598. The number of nitriles is 1. The van der Waals surface area contributed by atoms with Crippen molar-refractivity contribution in [3.8, 4) is 6.07 Å². The van der Waals surface area contributed by atoms with E-state index in [0.717, 1.165) is 10.9 Å². The van der Waals surface area contributed by atoms with E-state index in [4.69, 9.17) is 5.26 Å². The molecule has 27 heavy (non-hydrogen) atoms. The third-order valence-corrected chi connectivity index (χ3v) is 4.27. The first-order valence-corrected chi connectivity index (χ1v) is 8.34. The molecule has 3 aromatic heterocycles. The minimum atomic E-state index is -0.259. The fraction of sp³-hybridized carbons (Fsp3) is 0.100. The smallest absolute Gasteiger partial charge is 0.133 e. The molecule has 0 fully saturated rings. The number of anilines is 2. The summed E-state index contributed by atoms with van der Waals surface area (Å²) in [7, 11) is 0. The third kappa shape index (κ3) is 3.33. The fourth-order valence-electron chi connectivity index (χ4n) is 2.83. The predicted molar refractivity (Wildman–Crippen MR) is 100 cm³/mol. The molecule has 0 radical (unpaired) electrons. The molecule has 1 N–H and O–H groups in total. The summed E-state index contributed by atoms with van der Waals surface area (Å²) in [4.78, 5) is 8.73. The Morgan fingerprint density at radius 3 is 2.78 bits per heavy atom. The number of nitrogens with one attached hydrogen (secondary N) is 1. The first kappa shape index (κ1) is 16.7. The molecule has 6 nitrogen and oxygen atoms in total. The minimum Gasteiger partial charge on any atom is -0.325 e. The molecule has 0 aliphatic carbocycles. The van der Waals surface area contributed by atoms with Crippen molar-refractivity contribution in [1.29, 1.82) is 5.26 Å². The number of aromatic nitrogens is 4.